The monoisotopic (exact) mass is 461 g/mol. The van der Waals surface area contributed by atoms with Gasteiger partial charge >= 0.3 is 0 Å². The van der Waals surface area contributed by atoms with Crippen molar-refractivity contribution in [2.45, 2.75) is 18.6 Å². The molecule has 0 amide bonds. The Morgan fingerprint density at radius 2 is 1.95 bits per heavy atom. The molecule has 0 aliphatic carbocycles. The lowest BCUT2D eigenvalue weighted by atomic mass is 9.97. The molecule has 0 saturated heterocycles. The minimum atomic E-state index is -0.547. The molecule has 0 radical (unpaired) electrons. The van der Waals surface area contributed by atoms with E-state index < -0.39 is 6.10 Å². The lowest BCUT2D eigenvalue weighted by Gasteiger charge is -2.29. The molecule has 0 spiro atoms. The average molecular weight is 464 g/mol. The van der Waals surface area contributed by atoms with Crippen LogP contribution in [0.25, 0.3) is 0 Å². The van der Waals surface area contributed by atoms with Gasteiger partial charge in [-0.3, -0.25) is 4.98 Å². The second-order valence-electron chi connectivity index (χ2n) is 4.56. The number of aromatic nitrogens is 1. The van der Waals surface area contributed by atoms with Crippen molar-refractivity contribution < 1.29 is 9.84 Å². The average Bonchev–Trinajstić information content (AvgIpc) is 2.37. The zero-order valence-corrected chi connectivity index (χ0v) is 14.9. The molecule has 1 N–H and O–H groups in total. The molecule has 1 aromatic heterocycles. The van der Waals surface area contributed by atoms with E-state index in [1.54, 1.807) is 6.20 Å². The Morgan fingerprint density at radius 1 is 1.15 bits per heavy atom. The highest BCUT2D eigenvalue weighted by atomic mass is 79.9. The molecule has 1 unspecified atom stereocenters. The van der Waals surface area contributed by atoms with Crippen LogP contribution in [0.1, 0.15) is 29.9 Å². The Bertz CT molecular complexity index is 663. The maximum Gasteiger partial charge on any atom is 0.144 e. The SMILES string of the molecule is O[C@@H]1CC(c2ncc(Br)cc2Br)Oc2cc(Br)ccc21. The van der Waals surface area contributed by atoms with Gasteiger partial charge in [0.15, 0.2) is 0 Å². The van der Waals surface area contributed by atoms with Gasteiger partial charge in [-0.25, -0.2) is 0 Å². The topological polar surface area (TPSA) is 42.4 Å². The third-order valence-electron chi connectivity index (χ3n) is 3.18. The number of fused-ring (bicyclic) bond motifs is 1. The van der Waals surface area contributed by atoms with Gasteiger partial charge in [-0.05, 0) is 50.1 Å². The van der Waals surface area contributed by atoms with Gasteiger partial charge in [0.2, 0.25) is 0 Å². The van der Waals surface area contributed by atoms with Crippen LogP contribution in [0.15, 0.2) is 43.9 Å². The van der Waals surface area contributed by atoms with E-state index in [-0.39, 0.29) is 6.10 Å². The van der Waals surface area contributed by atoms with E-state index in [0.717, 1.165) is 24.7 Å². The fraction of sp³-hybridized carbons (Fsp3) is 0.214. The molecule has 0 saturated carbocycles. The number of benzene rings is 1. The maximum absolute atomic E-state index is 10.3. The summed E-state index contributed by atoms with van der Waals surface area (Å²) in [5.41, 5.74) is 1.61. The number of rotatable bonds is 1. The van der Waals surface area contributed by atoms with Crippen molar-refractivity contribution in [2.75, 3.05) is 0 Å². The van der Waals surface area contributed by atoms with Gasteiger partial charge in [0.1, 0.15) is 11.9 Å². The van der Waals surface area contributed by atoms with Gasteiger partial charge in [0.25, 0.3) is 0 Å². The van der Waals surface area contributed by atoms with Crippen LogP contribution in [0.4, 0.5) is 0 Å². The number of hydrogen-bond acceptors (Lipinski definition) is 3. The first-order valence-corrected chi connectivity index (χ1v) is 8.37. The molecule has 0 bridgehead atoms. The first kappa shape index (κ1) is 14.5. The molecule has 2 aromatic rings. The normalized spacial score (nSPS) is 21.2. The van der Waals surface area contributed by atoms with Crippen molar-refractivity contribution >= 4 is 47.8 Å². The summed E-state index contributed by atoms with van der Waals surface area (Å²) in [7, 11) is 0. The summed E-state index contributed by atoms with van der Waals surface area (Å²) >= 11 is 10.3. The van der Waals surface area contributed by atoms with Crippen LogP contribution in [0.2, 0.25) is 0 Å². The van der Waals surface area contributed by atoms with Crippen molar-refractivity contribution in [3.63, 3.8) is 0 Å². The highest BCUT2D eigenvalue weighted by Gasteiger charge is 2.30. The van der Waals surface area contributed by atoms with E-state index in [1.807, 2.05) is 24.3 Å². The van der Waals surface area contributed by atoms with Crippen LogP contribution >= 0.6 is 47.8 Å². The number of nitrogens with zero attached hydrogens (tertiary/aromatic N) is 1. The third kappa shape index (κ3) is 2.79. The standard InChI is InChI=1S/C14H10Br3NO2/c15-7-1-2-9-11(19)5-13(20-12(9)4-7)14-10(17)3-8(16)6-18-14/h1-4,6,11,13,19H,5H2/t11-,13?/m1/s1. The molecule has 0 fully saturated rings. The highest BCUT2D eigenvalue weighted by molar-refractivity contribution is 9.11. The van der Waals surface area contributed by atoms with Crippen LogP contribution in [0.5, 0.6) is 5.75 Å². The smallest absolute Gasteiger partial charge is 0.144 e. The third-order valence-corrected chi connectivity index (χ3v) is 4.74. The predicted octanol–water partition coefficient (Wildman–Crippen LogP) is 4.93. The highest BCUT2D eigenvalue weighted by Crippen LogP contribution is 2.42. The number of halogens is 3. The fourth-order valence-corrected chi connectivity index (χ4v) is 3.83. The molecule has 1 aliphatic rings. The quantitative estimate of drug-likeness (QED) is 0.652. The van der Waals surface area contributed by atoms with Crippen molar-refractivity contribution in [3.8, 4) is 5.75 Å². The minimum absolute atomic E-state index is 0.269. The summed E-state index contributed by atoms with van der Waals surface area (Å²) in [6.07, 6.45) is 1.40. The minimum Gasteiger partial charge on any atom is -0.484 e. The van der Waals surface area contributed by atoms with Crippen LogP contribution in [0, 0.1) is 0 Å². The van der Waals surface area contributed by atoms with Crippen molar-refractivity contribution in [2.24, 2.45) is 0 Å². The molecular weight excluding hydrogens is 454 g/mol. The molecule has 2 atom stereocenters. The van der Waals surface area contributed by atoms with Crippen LogP contribution in [-0.2, 0) is 0 Å². The lowest BCUT2D eigenvalue weighted by Crippen LogP contribution is -2.20. The zero-order chi connectivity index (χ0) is 14.3. The zero-order valence-electron chi connectivity index (χ0n) is 10.2. The Labute approximate surface area is 141 Å². The number of aliphatic hydroxyl groups is 1. The van der Waals surface area contributed by atoms with Gasteiger partial charge in [-0.2, -0.15) is 0 Å². The van der Waals surface area contributed by atoms with Crippen molar-refractivity contribution in [1.29, 1.82) is 0 Å². The molecule has 1 aromatic carbocycles. The fourth-order valence-electron chi connectivity index (χ4n) is 2.25. The summed E-state index contributed by atoms with van der Waals surface area (Å²) in [6, 6.07) is 7.58. The molecule has 6 heteroatoms. The molecule has 3 nitrogen and oxygen atoms in total. The van der Waals surface area contributed by atoms with E-state index in [0.29, 0.717) is 12.2 Å². The second kappa shape index (κ2) is 5.75. The molecule has 1 aliphatic heterocycles. The maximum atomic E-state index is 10.3. The van der Waals surface area contributed by atoms with Crippen molar-refractivity contribution in [3.05, 3.63) is 55.1 Å². The number of hydrogen-bond donors (Lipinski definition) is 1. The Morgan fingerprint density at radius 3 is 2.70 bits per heavy atom. The second-order valence-corrected chi connectivity index (χ2v) is 7.25. The molecule has 20 heavy (non-hydrogen) atoms. The molecule has 2 heterocycles. The van der Waals surface area contributed by atoms with Gasteiger partial charge in [-0.1, -0.05) is 22.0 Å². The van der Waals surface area contributed by atoms with E-state index in [1.165, 1.54) is 0 Å². The molecular formula is C14H10Br3NO2. The predicted molar refractivity (Wildman–Crippen MR) is 86.7 cm³/mol. The molecule has 104 valence electrons. The lowest BCUT2D eigenvalue weighted by molar-refractivity contribution is 0.0632. The van der Waals surface area contributed by atoms with Gasteiger partial charge in [-0.15, -0.1) is 0 Å². The van der Waals surface area contributed by atoms with Gasteiger partial charge < -0.3 is 9.84 Å². The summed E-state index contributed by atoms with van der Waals surface area (Å²) < 4.78 is 8.67. The van der Waals surface area contributed by atoms with Crippen molar-refractivity contribution in [1.82, 2.24) is 4.98 Å². The first-order valence-electron chi connectivity index (χ1n) is 5.99. The van der Waals surface area contributed by atoms with Gasteiger partial charge in [0, 0.05) is 31.6 Å². The number of ether oxygens (including phenoxy) is 1. The van der Waals surface area contributed by atoms with Crippen LogP contribution in [0.3, 0.4) is 0 Å². The largest absolute Gasteiger partial charge is 0.484 e. The Balaban J connectivity index is 1.98. The van der Waals surface area contributed by atoms with E-state index >= 15 is 0 Å². The van der Waals surface area contributed by atoms with E-state index in [2.05, 4.69) is 52.8 Å². The summed E-state index contributed by atoms with van der Waals surface area (Å²) in [4.78, 5) is 4.39. The summed E-state index contributed by atoms with van der Waals surface area (Å²) in [5, 5.41) is 10.3. The van der Waals surface area contributed by atoms with Crippen LogP contribution in [-0.4, -0.2) is 10.1 Å². The summed E-state index contributed by atoms with van der Waals surface area (Å²) in [5.74, 6) is 0.694. The Kier molecular flexibility index (Phi) is 4.17. The first-order chi connectivity index (χ1) is 9.54. The number of pyridine rings is 1. The summed E-state index contributed by atoms with van der Waals surface area (Å²) in [6.45, 7) is 0. The molecule has 3 rings (SSSR count). The van der Waals surface area contributed by atoms with Crippen LogP contribution < -0.4 is 4.74 Å². The van der Waals surface area contributed by atoms with Gasteiger partial charge in [0.05, 0.1) is 11.8 Å². The Hall–Kier alpha value is -0.430. The number of aliphatic hydroxyl groups excluding tert-OH is 1. The van der Waals surface area contributed by atoms with E-state index in [4.69, 9.17) is 4.74 Å². The van der Waals surface area contributed by atoms with E-state index in [9.17, 15) is 5.11 Å².